The first-order valence-electron chi connectivity index (χ1n) is 5.17. The molecule has 0 fully saturated rings. The van der Waals surface area contributed by atoms with E-state index in [0.717, 1.165) is 11.8 Å². The highest BCUT2D eigenvalue weighted by Gasteiger charge is 2.18. The van der Waals surface area contributed by atoms with E-state index in [9.17, 15) is 4.79 Å². The second-order valence-corrected chi connectivity index (χ2v) is 4.58. The van der Waals surface area contributed by atoms with Gasteiger partial charge in [0.2, 0.25) is 0 Å². The zero-order valence-electron chi connectivity index (χ0n) is 9.89. The molecule has 0 aliphatic rings. The van der Waals surface area contributed by atoms with Gasteiger partial charge in [0.1, 0.15) is 18.7 Å². The molecule has 1 N–H and O–H groups in total. The molecular formula is C9H12N6O2S. The maximum Gasteiger partial charge on any atom is 0.313 e. The molecule has 2 aromatic rings. The fraction of sp³-hybridized carbons (Fsp3) is 0.444. The van der Waals surface area contributed by atoms with Crippen molar-refractivity contribution in [2.24, 2.45) is 7.05 Å². The lowest BCUT2D eigenvalue weighted by atomic mass is 10.3. The molecule has 0 aromatic carbocycles. The maximum absolute atomic E-state index is 10.5. The summed E-state index contributed by atoms with van der Waals surface area (Å²) >= 11 is 1.14. The molecule has 1 unspecified atom stereocenters. The van der Waals surface area contributed by atoms with Gasteiger partial charge >= 0.3 is 5.97 Å². The number of aliphatic carboxylic acids is 1. The van der Waals surface area contributed by atoms with Gasteiger partial charge in [0.15, 0.2) is 11.0 Å². The second kappa shape index (κ2) is 5.17. The fourth-order valence-electron chi connectivity index (χ4n) is 1.48. The fourth-order valence-corrected chi connectivity index (χ4v) is 2.12. The van der Waals surface area contributed by atoms with E-state index in [4.69, 9.17) is 5.11 Å². The number of hydrogen-bond donors (Lipinski definition) is 1. The number of aromatic nitrogens is 6. The van der Waals surface area contributed by atoms with Crippen LogP contribution >= 0.6 is 11.8 Å². The Kier molecular flexibility index (Phi) is 3.60. The van der Waals surface area contributed by atoms with Crippen molar-refractivity contribution in [3.8, 4) is 0 Å². The SMILES string of the molecule is CC(c1nnc(SCC(=O)O)n1C)n1cncn1. The highest BCUT2D eigenvalue weighted by atomic mass is 32.2. The minimum atomic E-state index is -0.881. The summed E-state index contributed by atoms with van der Waals surface area (Å²) in [5, 5.41) is 21.3. The summed E-state index contributed by atoms with van der Waals surface area (Å²) in [6.07, 6.45) is 3.05. The van der Waals surface area contributed by atoms with Crippen LogP contribution in [-0.4, -0.2) is 46.4 Å². The first-order chi connectivity index (χ1) is 8.59. The average molecular weight is 268 g/mol. The quantitative estimate of drug-likeness (QED) is 0.773. The van der Waals surface area contributed by atoms with Crippen molar-refractivity contribution in [1.29, 1.82) is 0 Å². The van der Waals surface area contributed by atoms with E-state index in [-0.39, 0.29) is 11.8 Å². The van der Waals surface area contributed by atoms with Gasteiger partial charge in [-0.2, -0.15) is 5.10 Å². The maximum atomic E-state index is 10.5. The third-order valence-corrected chi connectivity index (χ3v) is 3.41. The number of nitrogens with zero attached hydrogens (tertiary/aromatic N) is 6. The number of rotatable bonds is 5. The van der Waals surface area contributed by atoms with Gasteiger partial charge in [-0.15, -0.1) is 10.2 Å². The lowest BCUT2D eigenvalue weighted by molar-refractivity contribution is -0.133. The summed E-state index contributed by atoms with van der Waals surface area (Å²) in [6, 6.07) is -0.107. The van der Waals surface area contributed by atoms with Crippen molar-refractivity contribution in [3.63, 3.8) is 0 Å². The Morgan fingerprint density at radius 3 is 2.94 bits per heavy atom. The molecule has 2 aromatic heterocycles. The summed E-state index contributed by atoms with van der Waals surface area (Å²) in [5.74, 6) is -0.216. The number of carbonyl (C=O) groups is 1. The van der Waals surface area contributed by atoms with Crippen LogP contribution in [0.2, 0.25) is 0 Å². The summed E-state index contributed by atoms with van der Waals surface area (Å²) in [7, 11) is 1.80. The molecule has 0 saturated carbocycles. The molecule has 8 nitrogen and oxygen atoms in total. The van der Waals surface area contributed by atoms with Crippen LogP contribution in [-0.2, 0) is 11.8 Å². The third kappa shape index (κ3) is 2.50. The monoisotopic (exact) mass is 268 g/mol. The normalized spacial score (nSPS) is 12.6. The van der Waals surface area contributed by atoms with Gasteiger partial charge in [-0.3, -0.25) is 4.79 Å². The number of carboxylic acids is 1. The molecule has 0 aliphatic heterocycles. The molecule has 0 bridgehead atoms. The lowest BCUT2D eigenvalue weighted by Gasteiger charge is -2.10. The molecule has 2 heterocycles. The van der Waals surface area contributed by atoms with Crippen LogP contribution in [0, 0.1) is 0 Å². The van der Waals surface area contributed by atoms with Gasteiger partial charge in [0.05, 0.1) is 5.75 Å². The van der Waals surface area contributed by atoms with E-state index in [1.165, 1.54) is 6.33 Å². The van der Waals surface area contributed by atoms with E-state index in [2.05, 4.69) is 20.3 Å². The highest BCUT2D eigenvalue weighted by molar-refractivity contribution is 7.99. The summed E-state index contributed by atoms with van der Waals surface area (Å²) in [4.78, 5) is 14.4. The van der Waals surface area contributed by atoms with Gasteiger partial charge in [-0.05, 0) is 6.92 Å². The molecule has 9 heteroatoms. The molecule has 18 heavy (non-hydrogen) atoms. The standard InChI is InChI=1S/C9H12N6O2S/c1-6(15-5-10-4-11-15)8-12-13-9(14(8)2)18-3-7(16)17/h4-6H,3H2,1-2H3,(H,16,17). The van der Waals surface area contributed by atoms with E-state index in [1.807, 2.05) is 6.92 Å². The topological polar surface area (TPSA) is 98.7 Å². The largest absolute Gasteiger partial charge is 0.481 e. The Bertz CT molecular complexity index is 537. The third-order valence-electron chi connectivity index (χ3n) is 2.40. The van der Waals surface area contributed by atoms with E-state index in [1.54, 1.807) is 22.6 Å². The van der Waals surface area contributed by atoms with Gasteiger partial charge in [0.25, 0.3) is 0 Å². The van der Waals surface area contributed by atoms with Crippen LogP contribution in [0.5, 0.6) is 0 Å². The van der Waals surface area contributed by atoms with Crippen LogP contribution in [0.4, 0.5) is 0 Å². The van der Waals surface area contributed by atoms with E-state index >= 15 is 0 Å². The first-order valence-corrected chi connectivity index (χ1v) is 6.16. The van der Waals surface area contributed by atoms with Crippen LogP contribution < -0.4 is 0 Å². The number of thioether (sulfide) groups is 1. The van der Waals surface area contributed by atoms with Gasteiger partial charge in [0, 0.05) is 7.05 Å². The first kappa shape index (κ1) is 12.6. The van der Waals surface area contributed by atoms with Gasteiger partial charge in [-0.1, -0.05) is 11.8 Å². The van der Waals surface area contributed by atoms with Crippen LogP contribution in [0.1, 0.15) is 18.8 Å². The van der Waals surface area contributed by atoms with Crippen LogP contribution in [0.3, 0.4) is 0 Å². The van der Waals surface area contributed by atoms with Crippen molar-refractivity contribution in [1.82, 2.24) is 29.5 Å². The Balaban J connectivity index is 2.17. The summed E-state index contributed by atoms with van der Waals surface area (Å²) in [5.41, 5.74) is 0. The number of carboxylic acid groups (broad SMARTS) is 1. The van der Waals surface area contributed by atoms with Crippen LogP contribution in [0.15, 0.2) is 17.8 Å². The summed E-state index contributed by atoms with van der Waals surface area (Å²) < 4.78 is 3.43. The van der Waals surface area contributed by atoms with E-state index in [0.29, 0.717) is 11.0 Å². The molecular weight excluding hydrogens is 256 g/mol. The Hall–Kier alpha value is -1.90. The predicted molar refractivity (Wildman–Crippen MR) is 63.2 cm³/mol. The molecule has 0 aliphatic carbocycles. The van der Waals surface area contributed by atoms with Crippen LogP contribution in [0.25, 0.3) is 0 Å². The molecule has 0 amide bonds. The minimum Gasteiger partial charge on any atom is -0.481 e. The van der Waals surface area contributed by atoms with E-state index < -0.39 is 5.97 Å². The Morgan fingerprint density at radius 1 is 1.56 bits per heavy atom. The molecule has 1 atom stereocenters. The number of hydrogen-bond acceptors (Lipinski definition) is 6. The lowest BCUT2D eigenvalue weighted by Crippen LogP contribution is -2.13. The second-order valence-electron chi connectivity index (χ2n) is 3.63. The molecule has 0 saturated heterocycles. The highest BCUT2D eigenvalue weighted by Crippen LogP contribution is 2.20. The molecule has 96 valence electrons. The Labute approximate surface area is 107 Å². The van der Waals surface area contributed by atoms with Crippen molar-refractivity contribution in [2.75, 3.05) is 5.75 Å². The zero-order chi connectivity index (χ0) is 13.1. The molecule has 2 rings (SSSR count). The average Bonchev–Trinajstić information content (AvgIpc) is 2.95. The van der Waals surface area contributed by atoms with Crippen molar-refractivity contribution in [2.45, 2.75) is 18.1 Å². The van der Waals surface area contributed by atoms with Crippen molar-refractivity contribution >= 4 is 17.7 Å². The molecule has 0 radical (unpaired) electrons. The van der Waals surface area contributed by atoms with Crippen molar-refractivity contribution in [3.05, 3.63) is 18.5 Å². The van der Waals surface area contributed by atoms with Crippen molar-refractivity contribution < 1.29 is 9.90 Å². The van der Waals surface area contributed by atoms with Gasteiger partial charge < -0.3 is 9.67 Å². The zero-order valence-corrected chi connectivity index (χ0v) is 10.7. The van der Waals surface area contributed by atoms with Gasteiger partial charge in [-0.25, -0.2) is 9.67 Å². The molecule has 0 spiro atoms. The predicted octanol–water partition coefficient (Wildman–Crippen LogP) is 0.193. The minimum absolute atomic E-state index is 0.0380. The Morgan fingerprint density at radius 2 is 2.33 bits per heavy atom. The summed E-state index contributed by atoms with van der Waals surface area (Å²) in [6.45, 7) is 1.92. The smallest absolute Gasteiger partial charge is 0.313 e.